The molecule has 0 fully saturated rings. The van der Waals surface area contributed by atoms with Crippen molar-refractivity contribution in [3.05, 3.63) is 109 Å². The van der Waals surface area contributed by atoms with Gasteiger partial charge in [-0.1, -0.05) is 35.9 Å². The van der Waals surface area contributed by atoms with E-state index in [-0.39, 0.29) is 16.9 Å². The fourth-order valence-electron chi connectivity index (χ4n) is 2.79. The van der Waals surface area contributed by atoms with Gasteiger partial charge in [-0.2, -0.15) is 0 Å². The van der Waals surface area contributed by atoms with E-state index in [9.17, 15) is 19.7 Å². The maximum atomic E-state index is 13.0. The van der Waals surface area contributed by atoms with Crippen LogP contribution in [0.15, 0.2) is 76.9 Å². The van der Waals surface area contributed by atoms with Gasteiger partial charge in [-0.25, -0.2) is 0 Å². The number of aryl methyl sites for hydroxylation is 1. The smallest absolute Gasteiger partial charge is 0.272 e. The van der Waals surface area contributed by atoms with Gasteiger partial charge in [0.25, 0.3) is 17.5 Å². The Kier molecular flexibility index (Phi) is 7.40. The van der Waals surface area contributed by atoms with Gasteiger partial charge in [-0.05, 0) is 70.4 Å². The van der Waals surface area contributed by atoms with Crippen LogP contribution in [0.25, 0.3) is 6.08 Å². The third-order valence-electron chi connectivity index (χ3n) is 4.34. The van der Waals surface area contributed by atoms with Crippen LogP contribution >= 0.6 is 27.5 Å². The van der Waals surface area contributed by atoms with E-state index < -0.39 is 16.7 Å². The second-order valence-corrected chi connectivity index (χ2v) is 8.10. The number of non-ortho nitro benzene ring substituents is 1. The molecule has 0 aromatic heterocycles. The lowest BCUT2D eigenvalue weighted by Gasteiger charge is -2.13. The molecule has 0 spiro atoms. The summed E-state index contributed by atoms with van der Waals surface area (Å²) in [5.41, 5.74) is 1.90. The van der Waals surface area contributed by atoms with E-state index in [1.165, 1.54) is 30.3 Å². The number of halogens is 2. The maximum absolute atomic E-state index is 13.0. The van der Waals surface area contributed by atoms with Crippen LogP contribution in [0.5, 0.6) is 0 Å². The first kappa shape index (κ1) is 23.2. The molecule has 0 saturated carbocycles. The van der Waals surface area contributed by atoms with E-state index in [0.717, 1.165) is 5.56 Å². The highest BCUT2D eigenvalue weighted by molar-refractivity contribution is 9.10. The van der Waals surface area contributed by atoms with Gasteiger partial charge in [0.15, 0.2) is 0 Å². The number of carbonyl (C=O) groups is 2. The van der Waals surface area contributed by atoms with E-state index in [4.69, 9.17) is 11.6 Å². The first-order valence-corrected chi connectivity index (χ1v) is 10.5. The zero-order chi connectivity index (χ0) is 23.3. The van der Waals surface area contributed by atoms with Gasteiger partial charge in [-0.3, -0.25) is 19.7 Å². The maximum Gasteiger partial charge on any atom is 0.272 e. The molecule has 2 N–H and O–H groups in total. The number of anilines is 1. The van der Waals surface area contributed by atoms with Crippen molar-refractivity contribution in [3.63, 3.8) is 0 Å². The van der Waals surface area contributed by atoms with E-state index >= 15 is 0 Å². The Bertz CT molecular complexity index is 1240. The van der Waals surface area contributed by atoms with E-state index in [1.807, 2.05) is 19.1 Å². The molecule has 2 amide bonds. The summed E-state index contributed by atoms with van der Waals surface area (Å²) in [6.07, 6.45) is 1.37. The molecule has 0 atom stereocenters. The summed E-state index contributed by atoms with van der Waals surface area (Å²) in [5.74, 6) is -1.15. The van der Waals surface area contributed by atoms with Gasteiger partial charge in [0.05, 0.1) is 10.6 Å². The molecule has 3 rings (SSSR count). The minimum absolute atomic E-state index is 0.0945. The minimum Gasteiger partial charge on any atom is -0.320 e. The van der Waals surface area contributed by atoms with Crippen LogP contribution in [0.1, 0.15) is 21.5 Å². The predicted octanol–water partition coefficient (Wildman–Crippen LogP) is 5.73. The molecule has 3 aromatic rings. The molecule has 162 valence electrons. The summed E-state index contributed by atoms with van der Waals surface area (Å²) in [4.78, 5) is 36.3. The van der Waals surface area contributed by atoms with Crippen molar-refractivity contribution < 1.29 is 14.5 Å². The fourth-order valence-corrected chi connectivity index (χ4v) is 3.57. The van der Waals surface area contributed by atoms with Crippen molar-refractivity contribution in [2.24, 2.45) is 0 Å². The Labute approximate surface area is 197 Å². The van der Waals surface area contributed by atoms with Gasteiger partial charge >= 0.3 is 0 Å². The Balaban J connectivity index is 1.96. The van der Waals surface area contributed by atoms with Crippen molar-refractivity contribution in [3.8, 4) is 0 Å². The second kappa shape index (κ2) is 10.2. The summed E-state index contributed by atoms with van der Waals surface area (Å²) in [6.45, 7) is 1.91. The zero-order valence-corrected chi connectivity index (χ0v) is 19.1. The molecule has 7 nitrogen and oxygen atoms in total. The van der Waals surface area contributed by atoms with Crippen molar-refractivity contribution in [2.75, 3.05) is 5.32 Å². The number of carbonyl (C=O) groups excluding carboxylic acids is 2. The summed E-state index contributed by atoms with van der Waals surface area (Å²) < 4.78 is 0.668. The lowest BCUT2D eigenvalue weighted by atomic mass is 10.1. The van der Waals surface area contributed by atoms with E-state index in [1.54, 1.807) is 30.3 Å². The molecule has 0 aliphatic heterocycles. The van der Waals surface area contributed by atoms with Crippen LogP contribution in [0.4, 0.5) is 11.4 Å². The molecule has 9 heteroatoms. The quantitative estimate of drug-likeness (QED) is 0.249. The summed E-state index contributed by atoms with van der Waals surface area (Å²) in [5, 5.41) is 16.8. The zero-order valence-electron chi connectivity index (χ0n) is 16.8. The summed E-state index contributed by atoms with van der Waals surface area (Å²) in [7, 11) is 0. The van der Waals surface area contributed by atoms with Crippen molar-refractivity contribution >= 4 is 56.8 Å². The number of nitrogens with one attached hydrogen (secondary N) is 2. The van der Waals surface area contributed by atoms with Crippen LogP contribution in [0.3, 0.4) is 0 Å². The number of hydrogen-bond acceptors (Lipinski definition) is 4. The van der Waals surface area contributed by atoms with Gasteiger partial charge in [0.2, 0.25) is 0 Å². The van der Waals surface area contributed by atoms with Crippen LogP contribution in [0.2, 0.25) is 5.02 Å². The fraction of sp³-hybridized carbons (Fsp3) is 0.0435. The standard InChI is InChI=1S/C23H17BrClN3O4/c1-14-8-9-20(19(24)10-14)26-23(30)21(12-15-4-2-7-18(11-15)28(31)32)27-22(29)16-5-3-6-17(25)13-16/h2-13H,1H3,(H,26,30)(H,27,29). The molecule has 0 aliphatic carbocycles. The second-order valence-electron chi connectivity index (χ2n) is 6.81. The average molecular weight is 515 g/mol. The summed E-state index contributed by atoms with van der Waals surface area (Å²) in [6, 6.07) is 17.4. The highest BCUT2D eigenvalue weighted by Crippen LogP contribution is 2.24. The number of nitrogens with zero attached hydrogens (tertiary/aromatic N) is 1. The lowest BCUT2D eigenvalue weighted by Crippen LogP contribution is -2.30. The average Bonchev–Trinajstić information content (AvgIpc) is 2.75. The van der Waals surface area contributed by atoms with E-state index in [0.29, 0.717) is 20.7 Å². The van der Waals surface area contributed by atoms with Crippen LogP contribution in [0, 0.1) is 17.0 Å². The molecule has 3 aromatic carbocycles. The van der Waals surface area contributed by atoms with Crippen molar-refractivity contribution in [1.82, 2.24) is 5.32 Å². The first-order valence-electron chi connectivity index (χ1n) is 9.33. The molecular weight excluding hydrogens is 498 g/mol. The molecule has 32 heavy (non-hydrogen) atoms. The highest BCUT2D eigenvalue weighted by atomic mass is 79.9. The number of amides is 2. The number of nitro groups is 1. The number of hydrogen-bond donors (Lipinski definition) is 2. The van der Waals surface area contributed by atoms with Crippen LogP contribution in [-0.2, 0) is 4.79 Å². The summed E-state index contributed by atoms with van der Waals surface area (Å²) >= 11 is 9.36. The third-order valence-corrected chi connectivity index (χ3v) is 5.24. The monoisotopic (exact) mass is 513 g/mol. The topological polar surface area (TPSA) is 101 Å². The molecule has 0 unspecified atom stereocenters. The third kappa shape index (κ3) is 6.03. The van der Waals surface area contributed by atoms with Crippen LogP contribution < -0.4 is 10.6 Å². The predicted molar refractivity (Wildman–Crippen MR) is 128 cm³/mol. The SMILES string of the molecule is Cc1ccc(NC(=O)C(=Cc2cccc([N+](=O)[O-])c2)NC(=O)c2cccc(Cl)c2)c(Br)c1. The van der Waals surface area contributed by atoms with Crippen molar-refractivity contribution in [1.29, 1.82) is 0 Å². The first-order chi connectivity index (χ1) is 15.2. The normalized spacial score (nSPS) is 11.0. The Morgan fingerprint density at radius 1 is 1.06 bits per heavy atom. The molecule has 0 radical (unpaired) electrons. The number of nitro benzene ring substituents is 1. The van der Waals surface area contributed by atoms with Gasteiger partial charge < -0.3 is 10.6 Å². The number of rotatable bonds is 6. The molecule has 0 aliphatic rings. The van der Waals surface area contributed by atoms with E-state index in [2.05, 4.69) is 26.6 Å². The molecular formula is C23H17BrClN3O4. The molecule has 0 saturated heterocycles. The highest BCUT2D eigenvalue weighted by Gasteiger charge is 2.17. The Hall–Kier alpha value is -3.49. The lowest BCUT2D eigenvalue weighted by molar-refractivity contribution is -0.384. The molecule has 0 heterocycles. The minimum atomic E-state index is -0.601. The van der Waals surface area contributed by atoms with Gasteiger partial charge in [0.1, 0.15) is 5.70 Å². The largest absolute Gasteiger partial charge is 0.320 e. The Morgan fingerprint density at radius 3 is 2.50 bits per heavy atom. The number of benzene rings is 3. The van der Waals surface area contributed by atoms with Crippen LogP contribution in [-0.4, -0.2) is 16.7 Å². The van der Waals surface area contributed by atoms with Gasteiger partial charge in [-0.15, -0.1) is 0 Å². The Morgan fingerprint density at radius 2 is 1.81 bits per heavy atom. The van der Waals surface area contributed by atoms with Gasteiger partial charge in [0, 0.05) is 27.2 Å². The molecule has 0 bridgehead atoms. The van der Waals surface area contributed by atoms with Crippen molar-refractivity contribution in [2.45, 2.75) is 6.92 Å².